The number of nitrogens with zero attached hydrogens (tertiary/aromatic N) is 2. The summed E-state index contributed by atoms with van der Waals surface area (Å²) in [5.41, 5.74) is 4.64. The van der Waals surface area contributed by atoms with E-state index in [0.29, 0.717) is 0 Å². The van der Waals surface area contributed by atoms with Gasteiger partial charge in [0.25, 0.3) is 0 Å². The summed E-state index contributed by atoms with van der Waals surface area (Å²) < 4.78 is 32.8. The molecule has 0 radical (unpaired) electrons. The fourth-order valence-electron chi connectivity index (χ4n) is 1.83. The summed E-state index contributed by atoms with van der Waals surface area (Å²) >= 11 is 5.86. The molecule has 0 saturated carbocycles. The zero-order chi connectivity index (χ0) is 15.7. The largest absolute Gasteiger partial charge is 0.464 e. The second-order valence-corrected chi connectivity index (χ2v) is 4.38. The van der Waals surface area contributed by atoms with Gasteiger partial charge in [-0.1, -0.05) is 11.6 Å². The van der Waals surface area contributed by atoms with Crippen molar-refractivity contribution in [1.29, 1.82) is 5.26 Å². The lowest BCUT2D eigenvalue weighted by Crippen LogP contribution is -2.12. The number of methoxy groups -OCH3 is 1. The SMILES string of the molecule is COC(=O)c1c(N)c(C#N)cn1-c1c(Cl)ccc(F)c1F. The Morgan fingerprint density at radius 3 is 2.71 bits per heavy atom. The van der Waals surface area contributed by atoms with Crippen LogP contribution in [0.1, 0.15) is 16.1 Å². The number of esters is 1. The van der Waals surface area contributed by atoms with Gasteiger partial charge in [-0.05, 0) is 12.1 Å². The lowest BCUT2D eigenvalue weighted by molar-refractivity contribution is 0.0593. The van der Waals surface area contributed by atoms with Gasteiger partial charge in [0.15, 0.2) is 17.3 Å². The molecule has 0 bridgehead atoms. The summed E-state index contributed by atoms with van der Waals surface area (Å²) in [6.45, 7) is 0. The fourth-order valence-corrected chi connectivity index (χ4v) is 2.07. The molecule has 0 aliphatic carbocycles. The summed E-state index contributed by atoms with van der Waals surface area (Å²) in [5, 5.41) is 8.80. The van der Waals surface area contributed by atoms with Crippen LogP contribution in [0.15, 0.2) is 18.3 Å². The van der Waals surface area contributed by atoms with E-state index in [2.05, 4.69) is 4.74 Å². The first-order chi connectivity index (χ1) is 9.92. The molecule has 2 rings (SSSR count). The number of nitrogen functional groups attached to an aromatic ring is 1. The molecule has 2 N–H and O–H groups in total. The highest BCUT2D eigenvalue weighted by molar-refractivity contribution is 6.32. The second kappa shape index (κ2) is 5.42. The first kappa shape index (κ1) is 14.8. The summed E-state index contributed by atoms with van der Waals surface area (Å²) in [6, 6.07) is 3.71. The highest BCUT2D eigenvalue weighted by atomic mass is 35.5. The maximum atomic E-state index is 14.0. The number of hydrogen-bond acceptors (Lipinski definition) is 4. The third kappa shape index (κ3) is 2.30. The zero-order valence-corrected chi connectivity index (χ0v) is 11.4. The van der Waals surface area contributed by atoms with Crippen LogP contribution in [0.4, 0.5) is 14.5 Å². The molecule has 0 amide bonds. The number of benzene rings is 1. The fraction of sp³-hybridized carbons (Fsp3) is 0.0769. The molecule has 0 saturated heterocycles. The highest BCUT2D eigenvalue weighted by Crippen LogP contribution is 2.31. The van der Waals surface area contributed by atoms with Gasteiger partial charge in [0.1, 0.15) is 11.8 Å². The van der Waals surface area contributed by atoms with Gasteiger partial charge in [-0.2, -0.15) is 5.26 Å². The molecule has 21 heavy (non-hydrogen) atoms. The number of ether oxygens (including phenoxy) is 1. The third-order valence-electron chi connectivity index (χ3n) is 2.80. The van der Waals surface area contributed by atoms with Crippen molar-refractivity contribution in [3.63, 3.8) is 0 Å². The van der Waals surface area contributed by atoms with Crippen molar-refractivity contribution < 1.29 is 18.3 Å². The van der Waals surface area contributed by atoms with Gasteiger partial charge in [0, 0.05) is 6.20 Å². The lowest BCUT2D eigenvalue weighted by Gasteiger charge is -2.11. The van der Waals surface area contributed by atoms with E-state index >= 15 is 0 Å². The number of rotatable bonds is 2. The third-order valence-corrected chi connectivity index (χ3v) is 3.11. The van der Waals surface area contributed by atoms with Crippen LogP contribution in [0.2, 0.25) is 5.02 Å². The van der Waals surface area contributed by atoms with Crippen molar-refractivity contribution in [2.24, 2.45) is 0 Å². The molecule has 8 heteroatoms. The van der Waals surface area contributed by atoms with Gasteiger partial charge in [0.2, 0.25) is 0 Å². The molecule has 1 aromatic carbocycles. The maximum absolute atomic E-state index is 14.0. The first-order valence-corrected chi connectivity index (χ1v) is 5.93. The number of carbonyl (C=O) groups excluding carboxylic acids is 1. The normalized spacial score (nSPS) is 10.2. The number of nitrogens with two attached hydrogens (primary N) is 1. The molecule has 0 aliphatic rings. The number of hydrogen-bond donors (Lipinski definition) is 1. The predicted octanol–water partition coefficient (Wildman–Crippen LogP) is 2.65. The van der Waals surface area contributed by atoms with Crippen LogP contribution in [-0.4, -0.2) is 17.6 Å². The minimum absolute atomic E-state index is 0.0878. The Hall–Kier alpha value is -2.59. The van der Waals surface area contributed by atoms with Gasteiger partial charge < -0.3 is 15.0 Å². The average molecular weight is 312 g/mol. The molecule has 0 spiro atoms. The Morgan fingerprint density at radius 1 is 1.48 bits per heavy atom. The van der Waals surface area contributed by atoms with Crippen LogP contribution in [0.25, 0.3) is 5.69 Å². The molecule has 0 atom stereocenters. The van der Waals surface area contributed by atoms with Crippen LogP contribution in [-0.2, 0) is 4.74 Å². The molecule has 1 aromatic heterocycles. The van der Waals surface area contributed by atoms with Gasteiger partial charge in [-0.15, -0.1) is 0 Å². The molecule has 2 aromatic rings. The predicted molar refractivity (Wildman–Crippen MR) is 71.2 cm³/mol. The summed E-state index contributed by atoms with van der Waals surface area (Å²) in [5.74, 6) is -3.34. The number of nitriles is 1. The van der Waals surface area contributed by atoms with Gasteiger partial charge in [0.05, 0.1) is 23.4 Å². The molecule has 1 heterocycles. The summed E-state index contributed by atoms with van der Waals surface area (Å²) in [4.78, 5) is 11.8. The monoisotopic (exact) mass is 311 g/mol. The smallest absolute Gasteiger partial charge is 0.357 e. The minimum atomic E-state index is -1.27. The molecule has 108 valence electrons. The van der Waals surface area contributed by atoms with Crippen LogP contribution in [0, 0.1) is 23.0 Å². The zero-order valence-electron chi connectivity index (χ0n) is 10.7. The molecule has 0 aliphatic heterocycles. The number of anilines is 1. The Morgan fingerprint density at radius 2 is 2.14 bits per heavy atom. The minimum Gasteiger partial charge on any atom is -0.464 e. The van der Waals surface area contributed by atoms with E-state index in [9.17, 15) is 13.6 Å². The van der Waals surface area contributed by atoms with E-state index in [1.807, 2.05) is 0 Å². The van der Waals surface area contributed by atoms with Crippen molar-refractivity contribution >= 4 is 23.3 Å². The molecule has 0 fully saturated rings. The summed E-state index contributed by atoms with van der Waals surface area (Å²) in [6.07, 6.45) is 1.09. The highest BCUT2D eigenvalue weighted by Gasteiger charge is 2.25. The number of carbonyl (C=O) groups is 1. The maximum Gasteiger partial charge on any atom is 0.357 e. The van der Waals surface area contributed by atoms with Crippen molar-refractivity contribution in [2.75, 3.05) is 12.8 Å². The molecule has 0 unspecified atom stereocenters. The Kier molecular flexibility index (Phi) is 3.82. The molecular weight excluding hydrogens is 304 g/mol. The van der Waals surface area contributed by atoms with Gasteiger partial charge >= 0.3 is 5.97 Å². The quantitative estimate of drug-likeness (QED) is 0.683. The number of aromatic nitrogens is 1. The summed E-state index contributed by atoms with van der Waals surface area (Å²) in [7, 11) is 1.09. The molecular formula is C13H8ClF2N3O2. The van der Waals surface area contributed by atoms with Crippen molar-refractivity contribution in [3.05, 3.63) is 46.2 Å². The second-order valence-electron chi connectivity index (χ2n) is 3.97. The molecule has 5 nitrogen and oxygen atoms in total. The van der Waals surface area contributed by atoms with Crippen LogP contribution < -0.4 is 5.73 Å². The van der Waals surface area contributed by atoms with Crippen LogP contribution in [0.5, 0.6) is 0 Å². The van der Waals surface area contributed by atoms with E-state index in [0.717, 1.165) is 30.0 Å². The Labute approximate surface area is 123 Å². The van der Waals surface area contributed by atoms with Crippen LogP contribution in [0.3, 0.4) is 0 Å². The van der Waals surface area contributed by atoms with Crippen molar-refractivity contribution in [2.45, 2.75) is 0 Å². The van der Waals surface area contributed by atoms with E-state index in [1.54, 1.807) is 6.07 Å². The standard InChI is InChI=1S/C13H8ClF2N3O2/c1-21-13(20)12-10(18)6(4-17)5-19(12)11-7(14)2-3-8(15)9(11)16/h2-3,5H,18H2,1H3. The van der Waals surface area contributed by atoms with E-state index in [-0.39, 0.29) is 22.0 Å². The topological polar surface area (TPSA) is 81.0 Å². The van der Waals surface area contributed by atoms with E-state index in [1.165, 1.54) is 0 Å². The Balaban J connectivity index is 2.85. The van der Waals surface area contributed by atoms with Gasteiger partial charge in [-0.3, -0.25) is 0 Å². The lowest BCUT2D eigenvalue weighted by atomic mass is 10.2. The first-order valence-electron chi connectivity index (χ1n) is 5.55. The average Bonchev–Trinajstić information content (AvgIpc) is 2.79. The van der Waals surface area contributed by atoms with E-state index in [4.69, 9.17) is 22.6 Å². The Bertz CT molecular complexity index is 781. The van der Waals surface area contributed by atoms with Crippen LogP contribution >= 0.6 is 11.6 Å². The van der Waals surface area contributed by atoms with Crippen molar-refractivity contribution in [3.8, 4) is 11.8 Å². The van der Waals surface area contributed by atoms with Gasteiger partial charge in [-0.25, -0.2) is 13.6 Å². The van der Waals surface area contributed by atoms with E-state index < -0.39 is 23.3 Å². The van der Waals surface area contributed by atoms with Crippen molar-refractivity contribution in [1.82, 2.24) is 4.57 Å². The number of halogens is 3.